The lowest BCUT2D eigenvalue weighted by Crippen LogP contribution is -2.52. The Morgan fingerprint density at radius 3 is 2.38 bits per heavy atom. The number of nitrogens with zero attached hydrogens (tertiary/aromatic N) is 2. The molecule has 2 heterocycles. The molecule has 2 fully saturated rings. The van der Waals surface area contributed by atoms with E-state index in [9.17, 15) is 29.3 Å². The van der Waals surface area contributed by atoms with Crippen LogP contribution in [0.3, 0.4) is 0 Å². The van der Waals surface area contributed by atoms with Crippen LogP contribution in [0.4, 0.5) is 4.39 Å². The van der Waals surface area contributed by atoms with Crippen LogP contribution in [0.25, 0.3) is 0 Å². The molecule has 190 valence electrons. The quantitative estimate of drug-likeness (QED) is 0.474. The average Bonchev–Trinajstić information content (AvgIpc) is 2.85. The number of aliphatic hydroxyl groups excluding tert-OH is 3. The molecule has 4 N–H and O–H groups in total. The Hall–Kier alpha value is -2.11. The SMILES string of the molecule is O=C(c1ccc(F)cc1)N1CCN(C(=O)[C@@H]2CCCCN2)CCCCOC[C@@H](O)[C@H](O)[C@@H](O)C1. The predicted octanol–water partition coefficient (Wildman–Crippen LogP) is 0.132. The summed E-state index contributed by atoms with van der Waals surface area (Å²) >= 11 is 0. The summed E-state index contributed by atoms with van der Waals surface area (Å²) in [6.45, 7) is 1.59. The zero-order valence-electron chi connectivity index (χ0n) is 19.4. The van der Waals surface area contributed by atoms with Crippen molar-refractivity contribution in [2.75, 3.05) is 45.9 Å². The molecular weight excluding hydrogens is 445 g/mol. The van der Waals surface area contributed by atoms with E-state index in [4.69, 9.17) is 4.74 Å². The smallest absolute Gasteiger partial charge is 0.254 e. The fourth-order valence-corrected chi connectivity index (χ4v) is 4.31. The monoisotopic (exact) mass is 481 g/mol. The summed E-state index contributed by atoms with van der Waals surface area (Å²) in [5.74, 6) is -0.960. The predicted molar refractivity (Wildman–Crippen MR) is 123 cm³/mol. The first kappa shape index (κ1) is 26.5. The Morgan fingerprint density at radius 2 is 1.68 bits per heavy atom. The Kier molecular flexibility index (Phi) is 10.2. The van der Waals surface area contributed by atoms with Crippen LogP contribution in [-0.2, 0) is 9.53 Å². The van der Waals surface area contributed by atoms with E-state index in [0.717, 1.165) is 25.8 Å². The molecule has 0 aromatic heterocycles. The van der Waals surface area contributed by atoms with Crippen LogP contribution in [0.1, 0.15) is 42.5 Å². The van der Waals surface area contributed by atoms with Gasteiger partial charge in [-0.1, -0.05) is 6.42 Å². The summed E-state index contributed by atoms with van der Waals surface area (Å²) in [4.78, 5) is 29.4. The van der Waals surface area contributed by atoms with Crippen molar-refractivity contribution in [3.8, 4) is 0 Å². The summed E-state index contributed by atoms with van der Waals surface area (Å²) < 4.78 is 18.8. The number of hydrogen-bond donors (Lipinski definition) is 4. The molecule has 2 saturated heterocycles. The van der Waals surface area contributed by atoms with Gasteiger partial charge in [-0.25, -0.2) is 4.39 Å². The maximum Gasteiger partial charge on any atom is 0.254 e. The summed E-state index contributed by atoms with van der Waals surface area (Å²) in [5.41, 5.74) is 0.222. The number of ether oxygens (including phenoxy) is 1. The van der Waals surface area contributed by atoms with Gasteiger partial charge in [0, 0.05) is 38.3 Å². The number of aliphatic hydroxyl groups is 3. The van der Waals surface area contributed by atoms with Crippen molar-refractivity contribution in [2.24, 2.45) is 0 Å². The second-order valence-electron chi connectivity index (χ2n) is 8.99. The van der Waals surface area contributed by atoms with E-state index in [2.05, 4.69) is 5.32 Å². The molecular formula is C24H36FN3O6. The number of β-amino-alcohol motifs (C(OH)–C–C–N with tert-alkyl or cyclic N) is 1. The van der Waals surface area contributed by atoms with Crippen LogP contribution in [0, 0.1) is 5.82 Å². The molecule has 1 aromatic carbocycles. The van der Waals surface area contributed by atoms with Crippen molar-refractivity contribution in [2.45, 2.75) is 56.5 Å². The maximum absolute atomic E-state index is 13.4. The van der Waals surface area contributed by atoms with Crippen LogP contribution in [-0.4, -0.2) is 107 Å². The molecule has 9 nitrogen and oxygen atoms in total. The lowest BCUT2D eigenvalue weighted by atomic mass is 10.0. The fraction of sp³-hybridized carbons (Fsp3) is 0.667. The van der Waals surface area contributed by atoms with Gasteiger partial charge in [-0.2, -0.15) is 0 Å². The zero-order chi connectivity index (χ0) is 24.5. The molecule has 2 aliphatic rings. The number of rotatable bonds is 2. The molecule has 0 saturated carbocycles. The van der Waals surface area contributed by atoms with Crippen LogP contribution in [0.5, 0.6) is 0 Å². The molecule has 3 rings (SSSR count). The third-order valence-electron chi connectivity index (χ3n) is 6.39. The van der Waals surface area contributed by atoms with Gasteiger partial charge in [-0.3, -0.25) is 9.59 Å². The molecule has 0 bridgehead atoms. The first-order valence-corrected chi connectivity index (χ1v) is 12.1. The lowest BCUT2D eigenvalue weighted by Gasteiger charge is -2.34. The Balaban J connectivity index is 1.79. The van der Waals surface area contributed by atoms with Crippen molar-refractivity contribution < 1.29 is 34.0 Å². The van der Waals surface area contributed by atoms with Crippen molar-refractivity contribution >= 4 is 11.8 Å². The van der Waals surface area contributed by atoms with E-state index in [1.807, 2.05) is 0 Å². The number of hydrogen-bond acceptors (Lipinski definition) is 7. The van der Waals surface area contributed by atoms with Gasteiger partial charge in [0.05, 0.1) is 12.6 Å². The van der Waals surface area contributed by atoms with Gasteiger partial charge in [0.25, 0.3) is 5.91 Å². The minimum absolute atomic E-state index is 0.0158. The summed E-state index contributed by atoms with van der Waals surface area (Å²) in [6, 6.07) is 4.79. The lowest BCUT2D eigenvalue weighted by molar-refractivity contribution is -0.134. The van der Waals surface area contributed by atoms with E-state index < -0.39 is 30.0 Å². The number of benzene rings is 1. The average molecular weight is 482 g/mol. The fourth-order valence-electron chi connectivity index (χ4n) is 4.31. The van der Waals surface area contributed by atoms with Crippen LogP contribution < -0.4 is 5.32 Å². The first-order chi connectivity index (χ1) is 16.4. The molecule has 34 heavy (non-hydrogen) atoms. The Morgan fingerprint density at radius 1 is 0.941 bits per heavy atom. The largest absolute Gasteiger partial charge is 0.388 e. The van der Waals surface area contributed by atoms with Gasteiger partial charge in [0.2, 0.25) is 5.91 Å². The highest BCUT2D eigenvalue weighted by atomic mass is 19.1. The number of carbonyl (C=O) groups excluding carboxylic acids is 2. The third-order valence-corrected chi connectivity index (χ3v) is 6.39. The molecule has 1 aromatic rings. The minimum Gasteiger partial charge on any atom is -0.388 e. The van der Waals surface area contributed by atoms with Gasteiger partial charge in [0.15, 0.2) is 0 Å². The standard InChI is InChI=1S/C24H36FN3O6/c25-18-8-6-17(7-9-18)23(32)28-13-12-27(24(33)19-5-1-2-10-26-19)11-3-4-14-34-16-21(30)22(31)20(29)15-28/h6-9,19-22,26,29-31H,1-5,10-16H2/t19-,20-,21+,22+/m0/s1. The normalized spacial score (nSPS) is 28.2. The van der Waals surface area contributed by atoms with Crippen LogP contribution >= 0.6 is 0 Å². The number of halogens is 1. The third kappa shape index (κ3) is 7.44. The second kappa shape index (κ2) is 13.1. The summed E-state index contributed by atoms with van der Waals surface area (Å²) in [7, 11) is 0. The number of amides is 2. The topological polar surface area (TPSA) is 123 Å². The van der Waals surface area contributed by atoms with Gasteiger partial charge >= 0.3 is 0 Å². The van der Waals surface area contributed by atoms with Gasteiger partial charge < -0.3 is 35.2 Å². The molecule has 10 heteroatoms. The molecule has 0 aliphatic carbocycles. The van der Waals surface area contributed by atoms with E-state index in [1.165, 1.54) is 29.2 Å². The molecule has 0 radical (unpaired) electrons. The molecule has 4 atom stereocenters. The Bertz CT molecular complexity index is 789. The summed E-state index contributed by atoms with van der Waals surface area (Å²) in [6.07, 6.45) is -0.141. The molecule has 2 aliphatic heterocycles. The highest BCUT2D eigenvalue weighted by molar-refractivity contribution is 5.94. The van der Waals surface area contributed by atoms with E-state index >= 15 is 0 Å². The molecule has 0 spiro atoms. The number of nitrogens with one attached hydrogen (secondary N) is 1. The highest BCUT2D eigenvalue weighted by Gasteiger charge is 2.31. The second-order valence-corrected chi connectivity index (χ2v) is 8.99. The number of piperidine rings is 1. The van der Waals surface area contributed by atoms with Gasteiger partial charge in [-0.15, -0.1) is 0 Å². The van der Waals surface area contributed by atoms with E-state index in [1.54, 1.807) is 4.90 Å². The van der Waals surface area contributed by atoms with Crippen molar-refractivity contribution in [3.63, 3.8) is 0 Å². The van der Waals surface area contributed by atoms with Crippen molar-refractivity contribution in [1.29, 1.82) is 0 Å². The van der Waals surface area contributed by atoms with E-state index in [0.29, 0.717) is 26.0 Å². The van der Waals surface area contributed by atoms with Gasteiger partial charge in [-0.05, 0) is 56.5 Å². The maximum atomic E-state index is 13.4. The van der Waals surface area contributed by atoms with E-state index in [-0.39, 0.29) is 43.8 Å². The van der Waals surface area contributed by atoms with Crippen LogP contribution in [0.15, 0.2) is 24.3 Å². The van der Waals surface area contributed by atoms with Crippen molar-refractivity contribution in [1.82, 2.24) is 15.1 Å². The zero-order valence-corrected chi connectivity index (χ0v) is 19.4. The molecule has 2 amide bonds. The molecule has 0 unspecified atom stereocenters. The first-order valence-electron chi connectivity index (χ1n) is 12.1. The minimum atomic E-state index is -1.52. The van der Waals surface area contributed by atoms with Crippen LogP contribution in [0.2, 0.25) is 0 Å². The van der Waals surface area contributed by atoms with Gasteiger partial charge in [0.1, 0.15) is 24.1 Å². The Labute approximate surface area is 199 Å². The van der Waals surface area contributed by atoms with Crippen molar-refractivity contribution in [3.05, 3.63) is 35.6 Å². The highest BCUT2D eigenvalue weighted by Crippen LogP contribution is 2.14. The number of carbonyl (C=O) groups is 2. The summed E-state index contributed by atoms with van der Waals surface area (Å²) in [5, 5.41) is 34.3.